The zero-order chi connectivity index (χ0) is 9.31. The zero-order valence-electron chi connectivity index (χ0n) is 7.71. The fourth-order valence-electron chi connectivity index (χ4n) is 1.82. The Balaban J connectivity index is 2.40. The number of hydrogen-bond acceptors (Lipinski definition) is 1. The molecule has 1 amide bonds. The lowest BCUT2D eigenvalue weighted by molar-refractivity contribution is -0.123. The summed E-state index contributed by atoms with van der Waals surface area (Å²) in [5.74, 6) is 0.152. The van der Waals surface area contributed by atoms with E-state index < -0.39 is 0 Å². The van der Waals surface area contributed by atoms with E-state index in [1.165, 1.54) is 0 Å². The number of benzene rings is 1. The van der Waals surface area contributed by atoms with Crippen molar-refractivity contribution in [3.8, 4) is 0 Å². The minimum Gasteiger partial charge on any atom is -0.355 e. The smallest absolute Gasteiger partial charge is 0.230 e. The molecule has 0 spiro atoms. The molecule has 1 fully saturated rings. The highest BCUT2D eigenvalue weighted by molar-refractivity contribution is 5.89. The van der Waals surface area contributed by atoms with E-state index >= 15 is 0 Å². The molecule has 0 bridgehead atoms. The summed E-state index contributed by atoms with van der Waals surface area (Å²) in [6, 6.07) is 9.97. The molecule has 2 nitrogen and oxygen atoms in total. The zero-order valence-corrected chi connectivity index (χ0v) is 7.71. The van der Waals surface area contributed by atoms with Gasteiger partial charge in [0.15, 0.2) is 0 Å². The number of carbonyl (C=O) groups is 1. The summed E-state index contributed by atoms with van der Waals surface area (Å²) in [6.45, 7) is 2.80. The highest BCUT2D eigenvalue weighted by Gasteiger charge is 2.38. The van der Waals surface area contributed by atoms with Crippen LogP contribution >= 0.6 is 0 Å². The molecule has 2 heteroatoms. The van der Waals surface area contributed by atoms with Gasteiger partial charge >= 0.3 is 0 Å². The molecular formula is C11H13NO. The fourth-order valence-corrected chi connectivity index (χ4v) is 1.82. The summed E-state index contributed by atoms with van der Waals surface area (Å²) < 4.78 is 0. The Hall–Kier alpha value is -1.31. The van der Waals surface area contributed by atoms with Crippen LogP contribution in [0.25, 0.3) is 0 Å². The molecule has 1 aromatic carbocycles. The third kappa shape index (κ3) is 1.22. The quantitative estimate of drug-likeness (QED) is 0.688. The molecule has 1 aromatic rings. The van der Waals surface area contributed by atoms with Crippen molar-refractivity contribution in [2.75, 3.05) is 6.54 Å². The molecule has 0 radical (unpaired) electrons. The molecule has 68 valence electrons. The van der Waals surface area contributed by atoms with Gasteiger partial charge in [-0.2, -0.15) is 0 Å². The molecule has 2 rings (SSSR count). The Bertz CT molecular complexity index is 320. The Labute approximate surface area is 78.0 Å². The maximum Gasteiger partial charge on any atom is 0.230 e. The summed E-state index contributed by atoms with van der Waals surface area (Å²) in [5, 5.41) is 2.87. The van der Waals surface area contributed by atoms with E-state index in [-0.39, 0.29) is 11.3 Å². The molecule has 0 aromatic heterocycles. The third-order valence-corrected chi connectivity index (χ3v) is 2.82. The van der Waals surface area contributed by atoms with Gasteiger partial charge in [-0.3, -0.25) is 4.79 Å². The lowest BCUT2D eigenvalue weighted by atomic mass is 9.81. The summed E-state index contributed by atoms with van der Waals surface area (Å²) in [7, 11) is 0. The van der Waals surface area contributed by atoms with E-state index in [0.717, 1.165) is 18.5 Å². The predicted octanol–water partition coefficient (Wildman–Crippen LogP) is 1.46. The predicted molar refractivity (Wildman–Crippen MR) is 51.4 cm³/mol. The van der Waals surface area contributed by atoms with Crippen LogP contribution in [-0.2, 0) is 10.2 Å². The second-order valence-electron chi connectivity index (χ2n) is 3.70. The average molecular weight is 175 g/mol. The first-order valence-corrected chi connectivity index (χ1v) is 4.57. The molecule has 1 heterocycles. The standard InChI is InChI=1S/C11H13NO/c1-11(7-8-12-10(11)13)9-5-3-2-4-6-9/h2-6H,7-8H2,1H3,(H,12,13). The van der Waals surface area contributed by atoms with Crippen molar-refractivity contribution in [3.63, 3.8) is 0 Å². The number of amides is 1. The first-order valence-electron chi connectivity index (χ1n) is 4.57. The molecule has 1 N–H and O–H groups in total. The van der Waals surface area contributed by atoms with Gasteiger partial charge < -0.3 is 5.32 Å². The first kappa shape index (κ1) is 8.30. The third-order valence-electron chi connectivity index (χ3n) is 2.82. The van der Waals surface area contributed by atoms with E-state index in [1.54, 1.807) is 0 Å². The molecule has 0 saturated carbocycles. The number of rotatable bonds is 1. The largest absolute Gasteiger partial charge is 0.355 e. The van der Waals surface area contributed by atoms with Crippen molar-refractivity contribution >= 4 is 5.91 Å². The summed E-state index contributed by atoms with van der Waals surface area (Å²) in [6.07, 6.45) is 0.899. The summed E-state index contributed by atoms with van der Waals surface area (Å²) >= 11 is 0. The Morgan fingerprint density at radius 2 is 2.00 bits per heavy atom. The molecule has 1 aliphatic heterocycles. The molecule has 1 saturated heterocycles. The van der Waals surface area contributed by atoms with Crippen LogP contribution in [0.2, 0.25) is 0 Å². The van der Waals surface area contributed by atoms with Gasteiger partial charge in [-0.05, 0) is 18.9 Å². The molecule has 1 unspecified atom stereocenters. The van der Waals surface area contributed by atoms with E-state index in [1.807, 2.05) is 37.3 Å². The fraction of sp³-hybridized carbons (Fsp3) is 0.364. The van der Waals surface area contributed by atoms with Gasteiger partial charge in [-0.1, -0.05) is 30.3 Å². The minimum absolute atomic E-state index is 0.152. The monoisotopic (exact) mass is 175 g/mol. The van der Waals surface area contributed by atoms with Crippen molar-refractivity contribution < 1.29 is 4.79 Å². The van der Waals surface area contributed by atoms with Gasteiger partial charge in [0.2, 0.25) is 5.91 Å². The van der Waals surface area contributed by atoms with Crippen LogP contribution in [0.3, 0.4) is 0 Å². The topological polar surface area (TPSA) is 29.1 Å². The van der Waals surface area contributed by atoms with Gasteiger partial charge in [0.25, 0.3) is 0 Å². The number of carbonyl (C=O) groups excluding carboxylic acids is 1. The average Bonchev–Trinajstić information content (AvgIpc) is 2.50. The lowest BCUT2D eigenvalue weighted by Crippen LogP contribution is -2.32. The van der Waals surface area contributed by atoms with Gasteiger partial charge in [0.1, 0.15) is 0 Å². The van der Waals surface area contributed by atoms with Crippen LogP contribution in [0, 0.1) is 0 Å². The van der Waals surface area contributed by atoms with Crippen LogP contribution in [0.1, 0.15) is 18.9 Å². The lowest BCUT2D eigenvalue weighted by Gasteiger charge is -2.20. The molecule has 13 heavy (non-hydrogen) atoms. The minimum atomic E-state index is -0.304. The Kier molecular flexibility index (Phi) is 1.83. The number of nitrogens with one attached hydrogen (secondary N) is 1. The van der Waals surface area contributed by atoms with E-state index in [0.29, 0.717) is 0 Å². The van der Waals surface area contributed by atoms with Gasteiger partial charge in [0, 0.05) is 6.54 Å². The Morgan fingerprint density at radius 3 is 2.54 bits per heavy atom. The normalized spacial score (nSPS) is 27.3. The van der Waals surface area contributed by atoms with Crippen LogP contribution in [0.5, 0.6) is 0 Å². The van der Waals surface area contributed by atoms with E-state index in [2.05, 4.69) is 5.32 Å². The van der Waals surface area contributed by atoms with Gasteiger partial charge in [-0.25, -0.2) is 0 Å². The summed E-state index contributed by atoms with van der Waals surface area (Å²) in [5.41, 5.74) is 0.811. The molecular weight excluding hydrogens is 162 g/mol. The van der Waals surface area contributed by atoms with Crippen molar-refractivity contribution in [3.05, 3.63) is 35.9 Å². The van der Waals surface area contributed by atoms with Crippen LogP contribution in [0.4, 0.5) is 0 Å². The SMILES string of the molecule is CC1(c2ccccc2)CCNC1=O. The summed E-state index contributed by atoms with van der Waals surface area (Å²) in [4.78, 5) is 11.6. The van der Waals surface area contributed by atoms with Crippen LogP contribution < -0.4 is 5.32 Å². The highest BCUT2D eigenvalue weighted by Crippen LogP contribution is 2.30. The second-order valence-corrected chi connectivity index (χ2v) is 3.70. The van der Waals surface area contributed by atoms with Crippen molar-refractivity contribution in [1.29, 1.82) is 0 Å². The van der Waals surface area contributed by atoms with Gasteiger partial charge in [-0.15, -0.1) is 0 Å². The van der Waals surface area contributed by atoms with Crippen LogP contribution in [-0.4, -0.2) is 12.5 Å². The number of hydrogen-bond donors (Lipinski definition) is 1. The maximum atomic E-state index is 11.6. The first-order chi connectivity index (χ1) is 6.23. The molecule has 1 aliphatic rings. The van der Waals surface area contributed by atoms with Crippen molar-refractivity contribution in [2.24, 2.45) is 0 Å². The van der Waals surface area contributed by atoms with Crippen molar-refractivity contribution in [1.82, 2.24) is 5.32 Å². The van der Waals surface area contributed by atoms with E-state index in [9.17, 15) is 4.79 Å². The van der Waals surface area contributed by atoms with Crippen LogP contribution in [0.15, 0.2) is 30.3 Å². The van der Waals surface area contributed by atoms with E-state index in [4.69, 9.17) is 0 Å². The second kappa shape index (κ2) is 2.87. The molecule has 1 atom stereocenters. The van der Waals surface area contributed by atoms with Crippen molar-refractivity contribution in [2.45, 2.75) is 18.8 Å². The Morgan fingerprint density at radius 1 is 1.31 bits per heavy atom. The maximum absolute atomic E-state index is 11.6. The van der Waals surface area contributed by atoms with Gasteiger partial charge in [0.05, 0.1) is 5.41 Å². The molecule has 0 aliphatic carbocycles. The highest BCUT2D eigenvalue weighted by atomic mass is 16.2.